The van der Waals surface area contributed by atoms with Gasteiger partial charge in [0.1, 0.15) is 18.5 Å². The van der Waals surface area contributed by atoms with Crippen LogP contribution in [0.25, 0.3) is 22.3 Å². The van der Waals surface area contributed by atoms with Crippen LogP contribution in [-0.4, -0.2) is 14.2 Å². The molecule has 2 aromatic carbocycles. The van der Waals surface area contributed by atoms with Gasteiger partial charge in [0.2, 0.25) is 0 Å². The molecule has 0 spiro atoms. The third-order valence-electron chi connectivity index (χ3n) is 3.82. The second-order valence-corrected chi connectivity index (χ2v) is 5.38. The van der Waals surface area contributed by atoms with Gasteiger partial charge in [0.05, 0.1) is 25.3 Å². The SMILES string of the molecule is COc1cccc(-c2c[n+](C)cc(-c3ccccc3)c2OC)c1. The van der Waals surface area contributed by atoms with Gasteiger partial charge in [-0.25, -0.2) is 4.57 Å². The highest BCUT2D eigenvalue weighted by atomic mass is 16.5. The van der Waals surface area contributed by atoms with E-state index < -0.39 is 0 Å². The molecule has 0 aliphatic carbocycles. The average molecular weight is 306 g/mol. The molecule has 3 nitrogen and oxygen atoms in total. The first-order chi connectivity index (χ1) is 11.2. The molecular formula is C20H20NO2+. The van der Waals surface area contributed by atoms with Gasteiger partial charge in [-0.2, -0.15) is 0 Å². The van der Waals surface area contributed by atoms with E-state index in [2.05, 4.69) is 35.2 Å². The van der Waals surface area contributed by atoms with Crippen molar-refractivity contribution in [2.24, 2.45) is 7.05 Å². The summed E-state index contributed by atoms with van der Waals surface area (Å²) in [4.78, 5) is 0. The summed E-state index contributed by atoms with van der Waals surface area (Å²) in [6.45, 7) is 0. The molecule has 0 saturated carbocycles. The van der Waals surface area contributed by atoms with Gasteiger partial charge in [0.15, 0.2) is 12.4 Å². The summed E-state index contributed by atoms with van der Waals surface area (Å²) in [6, 6.07) is 18.3. The lowest BCUT2D eigenvalue weighted by Gasteiger charge is -2.13. The fourth-order valence-electron chi connectivity index (χ4n) is 2.75. The summed E-state index contributed by atoms with van der Waals surface area (Å²) in [7, 11) is 5.41. The first kappa shape index (κ1) is 15.1. The Morgan fingerprint density at radius 2 is 1.39 bits per heavy atom. The summed E-state index contributed by atoms with van der Waals surface area (Å²) in [6.07, 6.45) is 4.15. The van der Waals surface area contributed by atoms with E-state index in [9.17, 15) is 0 Å². The minimum Gasteiger partial charge on any atom is -0.497 e. The number of benzene rings is 2. The predicted octanol–water partition coefficient (Wildman–Crippen LogP) is 3.86. The molecule has 0 bridgehead atoms. The molecule has 0 unspecified atom stereocenters. The van der Waals surface area contributed by atoms with Crippen LogP contribution in [0.15, 0.2) is 67.0 Å². The number of nitrogens with zero attached hydrogens (tertiary/aromatic N) is 1. The second-order valence-electron chi connectivity index (χ2n) is 5.38. The summed E-state index contributed by atoms with van der Waals surface area (Å²) >= 11 is 0. The second kappa shape index (κ2) is 6.53. The number of ether oxygens (including phenoxy) is 2. The number of aryl methyl sites for hydroxylation is 1. The van der Waals surface area contributed by atoms with Gasteiger partial charge in [-0.15, -0.1) is 0 Å². The van der Waals surface area contributed by atoms with E-state index in [1.54, 1.807) is 14.2 Å². The van der Waals surface area contributed by atoms with Crippen LogP contribution < -0.4 is 14.0 Å². The van der Waals surface area contributed by atoms with Crippen LogP contribution in [0, 0.1) is 0 Å². The smallest absolute Gasteiger partial charge is 0.180 e. The Balaban J connectivity index is 2.23. The molecule has 1 heterocycles. The normalized spacial score (nSPS) is 10.4. The third-order valence-corrected chi connectivity index (χ3v) is 3.82. The maximum Gasteiger partial charge on any atom is 0.180 e. The molecule has 0 aliphatic heterocycles. The Hall–Kier alpha value is -2.81. The zero-order valence-electron chi connectivity index (χ0n) is 13.6. The van der Waals surface area contributed by atoms with E-state index in [4.69, 9.17) is 9.47 Å². The highest BCUT2D eigenvalue weighted by Gasteiger charge is 2.18. The molecule has 23 heavy (non-hydrogen) atoms. The highest BCUT2D eigenvalue weighted by molar-refractivity contribution is 5.80. The zero-order valence-corrected chi connectivity index (χ0v) is 13.6. The van der Waals surface area contributed by atoms with Gasteiger partial charge in [-0.1, -0.05) is 42.5 Å². The lowest BCUT2D eigenvalue weighted by molar-refractivity contribution is -0.670. The van der Waals surface area contributed by atoms with Gasteiger partial charge in [-0.05, 0) is 23.3 Å². The molecule has 0 atom stereocenters. The van der Waals surface area contributed by atoms with E-state index in [1.165, 1.54) is 0 Å². The van der Waals surface area contributed by atoms with Crippen molar-refractivity contribution in [1.29, 1.82) is 0 Å². The van der Waals surface area contributed by atoms with Gasteiger partial charge in [0.25, 0.3) is 0 Å². The topological polar surface area (TPSA) is 22.3 Å². The minimum atomic E-state index is 0.831. The quantitative estimate of drug-likeness (QED) is 0.683. The third kappa shape index (κ3) is 3.04. The summed E-state index contributed by atoms with van der Waals surface area (Å²) in [5, 5.41) is 0. The van der Waals surface area contributed by atoms with Crippen molar-refractivity contribution in [1.82, 2.24) is 0 Å². The Bertz CT molecular complexity index is 813. The molecule has 0 aliphatic rings. The van der Waals surface area contributed by atoms with Gasteiger partial charge in [0, 0.05) is 0 Å². The monoisotopic (exact) mass is 306 g/mol. The van der Waals surface area contributed by atoms with Crippen LogP contribution >= 0.6 is 0 Å². The molecule has 3 rings (SSSR count). The first-order valence-electron chi connectivity index (χ1n) is 7.50. The van der Waals surface area contributed by atoms with Gasteiger partial charge < -0.3 is 9.47 Å². The summed E-state index contributed by atoms with van der Waals surface area (Å²) in [5.74, 6) is 1.69. The lowest BCUT2D eigenvalue weighted by atomic mass is 10.00. The van der Waals surface area contributed by atoms with Crippen LogP contribution in [0.5, 0.6) is 11.5 Å². The molecular weight excluding hydrogens is 286 g/mol. The van der Waals surface area contributed by atoms with E-state index in [-0.39, 0.29) is 0 Å². The van der Waals surface area contributed by atoms with Crippen molar-refractivity contribution >= 4 is 0 Å². The summed E-state index contributed by atoms with van der Waals surface area (Å²) < 4.78 is 13.2. The van der Waals surface area contributed by atoms with Crippen molar-refractivity contribution < 1.29 is 14.0 Å². The molecule has 0 amide bonds. The Kier molecular flexibility index (Phi) is 4.29. The molecule has 0 saturated heterocycles. The number of rotatable bonds is 4. The van der Waals surface area contributed by atoms with Crippen LogP contribution in [-0.2, 0) is 7.05 Å². The van der Waals surface area contributed by atoms with Crippen LogP contribution in [0.1, 0.15) is 0 Å². The highest BCUT2D eigenvalue weighted by Crippen LogP contribution is 2.38. The number of aromatic nitrogens is 1. The van der Waals surface area contributed by atoms with E-state index in [0.717, 1.165) is 33.8 Å². The summed E-state index contributed by atoms with van der Waals surface area (Å²) in [5.41, 5.74) is 4.30. The first-order valence-corrected chi connectivity index (χ1v) is 7.50. The predicted molar refractivity (Wildman–Crippen MR) is 91.6 cm³/mol. The lowest BCUT2D eigenvalue weighted by Crippen LogP contribution is -2.27. The van der Waals surface area contributed by atoms with Crippen LogP contribution in [0.2, 0.25) is 0 Å². The van der Waals surface area contributed by atoms with Crippen molar-refractivity contribution in [2.75, 3.05) is 14.2 Å². The van der Waals surface area contributed by atoms with Gasteiger partial charge >= 0.3 is 0 Å². The molecule has 0 fully saturated rings. The number of hydrogen-bond acceptors (Lipinski definition) is 2. The van der Waals surface area contributed by atoms with E-state index >= 15 is 0 Å². The Labute approximate surface area is 136 Å². The fourth-order valence-corrected chi connectivity index (χ4v) is 2.75. The molecule has 116 valence electrons. The molecule has 3 heteroatoms. The van der Waals surface area contributed by atoms with Crippen molar-refractivity contribution in [3.8, 4) is 33.8 Å². The Morgan fingerprint density at radius 1 is 0.739 bits per heavy atom. The van der Waals surface area contributed by atoms with E-state index in [1.807, 2.05) is 43.4 Å². The number of hydrogen-bond donors (Lipinski definition) is 0. The fraction of sp³-hybridized carbons (Fsp3) is 0.150. The zero-order chi connectivity index (χ0) is 16.2. The maximum absolute atomic E-state index is 5.76. The van der Waals surface area contributed by atoms with E-state index in [0.29, 0.717) is 0 Å². The number of pyridine rings is 1. The molecule has 3 aromatic rings. The van der Waals surface area contributed by atoms with Crippen LogP contribution in [0.3, 0.4) is 0 Å². The molecule has 1 aromatic heterocycles. The van der Waals surface area contributed by atoms with Crippen molar-refractivity contribution in [3.63, 3.8) is 0 Å². The maximum atomic E-state index is 5.76. The number of methoxy groups -OCH3 is 2. The van der Waals surface area contributed by atoms with Gasteiger partial charge in [-0.3, -0.25) is 0 Å². The standard InChI is InChI=1S/C20H20NO2/c1-21-13-18(15-8-5-4-6-9-15)20(23-3)19(14-21)16-10-7-11-17(12-16)22-2/h4-14H,1-3H3/q+1. The largest absolute Gasteiger partial charge is 0.497 e. The van der Waals surface area contributed by atoms with Crippen molar-refractivity contribution in [3.05, 3.63) is 67.0 Å². The average Bonchev–Trinajstić information content (AvgIpc) is 2.61. The Morgan fingerprint density at radius 3 is 2.04 bits per heavy atom. The molecule has 0 N–H and O–H groups in total. The van der Waals surface area contributed by atoms with Crippen molar-refractivity contribution in [2.45, 2.75) is 0 Å². The minimum absolute atomic E-state index is 0.831. The van der Waals surface area contributed by atoms with Crippen LogP contribution in [0.4, 0.5) is 0 Å². The molecule has 0 radical (unpaired) electrons.